The van der Waals surface area contributed by atoms with Crippen molar-refractivity contribution in [3.05, 3.63) is 54.1 Å². The maximum Gasteiger partial charge on any atom is 0.262 e. The van der Waals surface area contributed by atoms with E-state index in [9.17, 15) is 8.42 Å². The molecule has 22 heavy (non-hydrogen) atoms. The van der Waals surface area contributed by atoms with E-state index < -0.39 is 10.0 Å². The van der Waals surface area contributed by atoms with E-state index in [0.29, 0.717) is 30.2 Å². The van der Waals surface area contributed by atoms with Crippen LogP contribution in [-0.4, -0.2) is 28.7 Å². The van der Waals surface area contributed by atoms with Gasteiger partial charge in [-0.3, -0.25) is 4.72 Å². The number of aryl methyl sites for hydroxylation is 1. The third kappa shape index (κ3) is 4.22. The Kier molecular flexibility index (Phi) is 5.41. The second-order valence-corrected chi connectivity index (χ2v) is 6.39. The summed E-state index contributed by atoms with van der Waals surface area (Å²) in [6, 6.07) is 13.6. The zero-order valence-electron chi connectivity index (χ0n) is 12.6. The third-order valence-electron chi connectivity index (χ3n) is 3.05. The maximum absolute atomic E-state index is 12.4. The highest BCUT2D eigenvalue weighted by atomic mass is 32.2. The van der Waals surface area contributed by atoms with Crippen LogP contribution in [0.2, 0.25) is 0 Å². The minimum atomic E-state index is -3.59. The highest BCUT2D eigenvalue weighted by molar-refractivity contribution is 7.92. The molecule has 0 unspecified atom stereocenters. The van der Waals surface area contributed by atoms with E-state index >= 15 is 0 Å². The van der Waals surface area contributed by atoms with Crippen LogP contribution < -0.4 is 9.46 Å². The summed E-state index contributed by atoms with van der Waals surface area (Å²) in [6.45, 7) is 2.72. The Morgan fingerprint density at radius 3 is 2.32 bits per heavy atom. The molecule has 0 aliphatic carbocycles. The molecule has 118 valence electrons. The fourth-order valence-corrected chi connectivity index (χ4v) is 3.24. The van der Waals surface area contributed by atoms with Crippen LogP contribution in [0.25, 0.3) is 0 Å². The number of benzene rings is 2. The van der Waals surface area contributed by atoms with Crippen molar-refractivity contribution in [2.45, 2.75) is 11.8 Å². The first-order chi connectivity index (χ1) is 10.5. The molecule has 0 fully saturated rings. The van der Waals surface area contributed by atoms with Crippen LogP contribution in [0.3, 0.4) is 0 Å². The Bertz CT molecular complexity index is 711. The molecule has 0 aromatic heterocycles. The molecule has 6 heteroatoms. The SMILES string of the molecule is COCCOc1ccc(NS(=O)(=O)c2ccccc2C)cc1. The quantitative estimate of drug-likeness (QED) is 0.797. The first kappa shape index (κ1) is 16.3. The number of ether oxygens (including phenoxy) is 2. The molecule has 0 heterocycles. The van der Waals surface area contributed by atoms with Crippen LogP contribution in [0.1, 0.15) is 5.56 Å². The summed E-state index contributed by atoms with van der Waals surface area (Å²) in [5.74, 6) is 0.663. The molecular formula is C16H19NO4S. The summed E-state index contributed by atoms with van der Waals surface area (Å²) >= 11 is 0. The molecule has 5 nitrogen and oxygen atoms in total. The molecule has 0 radical (unpaired) electrons. The van der Waals surface area contributed by atoms with Crippen molar-refractivity contribution in [3.8, 4) is 5.75 Å². The number of anilines is 1. The largest absolute Gasteiger partial charge is 0.491 e. The van der Waals surface area contributed by atoms with Crippen molar-refractivity contribution in [1.29, 1.82) is 0 Å². The summed E-state index contributed by atoms with van der Waals surface area (Å²) in [4.78, 5) is 0.274. The predicted molar refractivity (Wildman–Crippen MR) is 85.8 cm³/mol. The Morgan fingerprint density at radius 1 is 1.00 bits per heavy atom. The first-order valence-electron chi connectivity index (χ1n) is 6.83. The van der Waals surface area contributed by atoms with Gasteiger partial charge in [0.2, 0.25) is 0 Å². The van der Waals surface area contributed by atoms with E-state index in [1.807, 2.05) is 0 Å². The highest BCUT2D eigenvalue weighted by Gasteiger charge is 2.16. The van der Waals surface area contributed by atoms with Crippen molar-refractivity contribution < 1.29 is 17.9 Å². The van der Waals surface area contributed by atoms with Crippen molar-refractivity contribution >= 4 is 15.7 Å². The lowest BCUT2D eigenvalue weighted by Crippen LogP contribution is -2.14. The molecule has 2 aromatic carbocycles. The molecule has 0 bridgehead atoms. The Labute approximate surface area is 130 Å². The lowest BCUT2D eigenvalue weighted by atomic mass is 10.2. The highest BCUT2D eigenvalue weighted by Crippen LogP contribution is 2.21. The van der Waals surface area contributed by atoms with Crippen LogP contribution in [0, 0.1) is 6.92 Å². The topological polar surface area (TPSA) is 64.6 Å². The summed E-state index contributed by atoms with van der Waals surface area (Å²) in [6.07, 6.45) is 0. The normalized spacial score (nSPS) is 11.2. The number of methoxy groups -OCH3 is 1. The van der Waals surface area contributed by atoms with Gasteiger partial charge in [-0.2, -0.15) is 0 Å². The molecule has 0 saturated heterocycles. The lowest BCUT2D eigenvalue weighted by molar-refractivity contribution is 0.146. The van der Waals surface area contributed by atoms with E-state index in [-0.39, 0.29) is 4.90 Å². The van der Waals surface area contributed by atoms with Crippen molar-refractivity contribution in [2.24, 2.45) is 0 Å². The van der Waals surface area contributed by atoms with Crippen LogP contribution in [0.4, 0.5) is 5.69 Å². The minimum absolute atomic E-state index is 0.274. The van der Waals surface area contributed by atoms with E-state index in [0.717, 1.165) is 0 Å². The number of sulfonamides is 1. The predicted octanol–water partition coefficient (Wildman–Crippen LogP) is 2.82. The number of hydrogen-bond acceptors (Lipinski definition) is 4. The molecule has 0 aliphatic heterocycles. The van der Waals surface area contributed by atoms with E-state index in [4.69, 9.17) is 9.47 Å². The monoisotopic (exact) mass is 321 g/mol. The molecule has 0 saturated carbocycles. The molecule has 2 aromatic rings. The first-order valence-corrected chi connectivity index (χ1v) is 8.31. The molecule has 0 aliphatic rings. The van der Waals surface area contributed by atoms with Gasteiger partial charge in [-0.25, -0.2) is 8.42 Å². The second-order valence-electron chi connectivity index (χ2n) is 4.74. The summed E-state index contributed by atoms with van der Waals surface area (Å²) in [5.41, 5.74) is 1.19. The van der Waals surface area contributed by atoms with Gasteiger partial charge in [-0.1, -0.05) is 18.2 Å². The van der Waals surface area contributed by atoms with E-state index in [1.165, 1.54) is 0 Å². The summed E-state index contributed by atoms with van der Waals surface area (Å²) in [7, 11) is -1.98. The van der Waals surface area contributed by atoms with Gasteiger partial charge in [-0.15, -0.1) is 0 Å². The average molecular weight is 321 g/mol. The minimum Gasteiger partial charge on any atom is -0.491 e. The maximum atomic E-state index is 12.4. The molecule has 0 spiro atoms. The number of hydrogen-bond donors (Lipinski definition) is 1. The Balaban J connectivity index is 2.09. The number of nitrogens with one attached hydrogen (secondary N) is 1. The van der Waals surface area contributed by atoms with Gasteiger partial charge in [0.1, 0.15) is 12.4 Å². The van der Waals surface area contributed by atoms with Gasteiger partial charge in [0.15, 0.2) is 0 Å². The second kappa shape index (κ2) is 7.29. The number of rotatable bonds is 7. The van der Waals surface area contributed by atoms with Crippen LogP contribution in [0.15, 0.2) is 53.4 Å². The Morgan fingerprint density at radius 2 is 1.68 bits per heavy atom. The summed E-state index contributed by atoms with van der Waals surface area (Å²) in [5, 5.41) is 0. The van der Waals surface area contributed by atoms with Crippen molar-refractivity contribution in [1.82, 2.24) is 0 Å². The lowest BCUT2D eigenvalue weighted by Gasteiger charge is -2.11. The van der Waals surface area contributed by atoms with Gasteiger partial charge >= 0.3 is 0 Å². The fraction of sp³-hybridized carbons (Fsp3) is 0.250. The van der Waals surface area contributed by atoms with Crippen LogP contribution in [0.5, 0.6) is 5.75 Å². The van der Waals surface area contributed by atoms with Gasteiger partial charge in [0.05, 0.1) is 11.5 Å². The molecule has 1 N–H and O–H groups in total. The van der Waals surface area contributed by atoms with E-state index in [1.54, 1.807) is 62.6 Å². The van der Waals surface area contributed by atoms with Crippen LogP contribution in [-0.2, 0) is 14.8 Å². The van der Waals surface area contributed by atoms with Gasteiger partial charge in [0.25, 0.3) is 10.0 Å². The third-order valence-corrected chi connectivity index (χ3v) is 4.59. The van der Waals surface area contributed by atoms with Crippen LogP contribution >= 0.6 is 0 Å². The van der Waals surface area contributed by atoms with Crippen molar-refractivity contribution in [2.75, 3.05) is 25.0 Å². The van der Waals surface area contributed by atoms with Gasteiger partial charge in [0, 0.05) is 12.8 Å². The van der Waals surface area contributed by atoms with Crippen molar-refractivity contribution in [3.63, 3.8) is 0 Å². The van der Waals surface area contributed by atoms with Gasteiger partial charge in [-0.05, 0) is 42.8 Å². The zero-order valence-corrected chi connectivity index (χ0v) is 13.4. The Hall–Kier alpha value is -2.05. The zero-order chi connectivity index (χ0) is 16.0. The molecular weight excluding hydrogens is 302 g/mol. The standard InChI is InChI=1S/C16H19NO4S/c1-13-5-3-4-6-16(13)22(18,19)17-14-7-9-15(10-8-14)21-12-11-20-2/h3-10,17H,11-12H2,1-2H3. The molecule has 0 amide bonds. The molecule has 0 atom stereocenters. The smallest absolute Gasteiger partial charge is 0.262 e. The summed E-state index contributed by atoms with van der Waals surface area (Å²) < 4.78 is 37.6. The average Bonchev–Trinajstić information content (AvgIpc) is 2.49. The molecule has 2 rings (SSSR count). The van der Waals surface area contributed by atoms with Gasteiger partial charge < -0.3 is 9.47 Å². The van der Waals surface area contributed by atoms with E-state index in [2.05, 4.69) is 4.72 Å². The fourth-order valence-electron chi connectivity index (χ4n) is 1.93.